The Morgan fingerprint density at radius 2 is 1.71 bits per heavy atom. The summed E-state index contributed by atoms with van der Waals surface area (Å²) in [5.41, 5.74) is 9.84. The highest BCUT2D eigenvalue weighted by Gasteiger charge is 2.07. The van der Waals surface area contributed by atoms with Crippen molar-refractivity contribution in [2.75, 3.05) is 0 Å². The molecule has 0 spiro atoms. The summed E-state index contributed by atoms with van der Waals surface area (Å²) in [5, 5.41) is 1.16. The Labute approximate surface area is 125 Å². The van der Waals surface area contributed by atoms with Crippen molar-refractivity contribution in [3.8, 4) is 0 Å². The van der Waals surface area contributed by atoms with Crippen molar-refractivity contribution in [3.05, 3.63) is 78.0 Å². The van der Waals surface area contributed by atoms with Gasteiger partial charge in [0.2, 0.25) is 0 Å². The van der Waals surface area contributed by atoms with Gasteiger partial charge in [0.1, 0.15) is 0 Å². The minimum Gasteiger partial charge on any atom is -0.324 e. The molecule has 1 atom stereocenters. The number of rotatable bonds is 5. The molecule has 21 heavy (non-hydrogen) atoms. The third kappa shape index (κ3) is 3.47. The van der Waals surface area contributed by atoms with Gasteiger partial charge in [-0.25, -0.2) is 0 Å². The Bertz CT molecular complexity index is 707. The Hall–Kier alpha value is -2.19. The number of hydrogen-bond donors (Lipinski definition) is 1. The summed E-state index contributed by atoms with van der Waals surface area (Å²) < 4.78 is 0. The normalized spacial score (nSPS) is 12.4. The molecule has 0 saturated carbocycles. The number of nitrogens with two attached hydrogens (primary N) is 1. The predicted octanol–water partition coefficient (Wildman–Crippen LogP) is 4.26. The first-order valence-electron chi connectivity index (χ1n) is 7.47. The molecule has 0 saturated heterocycles. The summed E-state index contributed by atoms with van der Waals surface area (Å²) in [7, 11) is 0. The van der Waals surface area contributed by atoms with Crippen molar-refractivity contribution < 1.29 is 0 Å². The molecular formula is C19H20N2. The molecule has 0 radical (unpaired) electrons. The molecule has 0 amide bonds. The molecular weight excluding hydrogens is 256 g/mol. The van der Waals surface area contributed by atoms with Crippen molar-refractivity contribution in [3.63, 3.8) is 0 Å². The van der Waals surface area contributed by atoms with Crippen LogP contribution in [0.4, 0.5) is 0 Å². The quantitative estimate of drug-likeness (QED) is 0.756. The van der Waals surface area contributed by atoms with E-state index in [0.717, 1.165) is 35.7 Å². The van der Waals surface area contributed by atoms with E-state index in [1.54, 1.807) is 0 Å². The van der Waals surface area contributed by atoms with E-state index in [1.165, 1.54) is 5.56 Å². The lowest BCUT2D eigenvalue weighted by Gasteiger charge is -2.12. The molecule has 1 heterocycles. The molecule has 1 aromatic heterocycles. The molecule has 1 unspecified atom stereocenters. The standard InChI is InChI=1S/C19H20N2/c20-18(11-6-9-15-7-2-1-3-8-15)17-13-16-10-4-5-12-19(16)21-14-17/h1-5,7-8,10,12-14,18H,6,9,11,20H2. The van der Waals surface area contributed by atoms with E-state index in [9.17, 15) is 0 Å². The zero-order valence-electron chi connectivity index (χ0n) is 12.1. The smallest absolute Gasteiger partial charge is 0.0702 e. The van der Waals surface area contributed by atoms with Crippen LogP contribution in [-0.2, 0) is 6.42 Å². The van der Waals surface area contributed by atoms with Crippen LogP contribution in [-0.4, -0.2) is 4.98 Å². The lowest BCUT2D eigenvalue weighted by Crippen LogP contribution is -2.10. The largest absolute Gasteiger partial charge is 0.324 e. The first-order valence-corrected chi connectivity index (χ1v) is 7.47. The molecule has 0 bridgehead atoms. The van der Waals surface area contributed by atoms with Crippen molar-refractivity contribution in [1.82, 2.24) is 4.98 Å². The lowest BCUT2D eigenvalue weighted by molar-refractivity contribution is 0.610. The summed E-state index contributed by atoms with van der Waals surface area (Å²) in [5.74, 6) is 0. The zero-order valence-corrected chi connectivity index (χ0v) is 12.1. The first-order chi connectivity index (χ1) is 10.3. The van der Waals surface area contributed by atoms with Crippen LogP contribution in [0.15, 0.2) is 66.9 Å². The highest BCUT2D eigenvalue weighted by molar-refractivity contribution is 5.78. The Morgan fingerprint density at radius 1 is 0.952 bits per heavy atom. The van der Waals surface area contributed by atoms with Crippen molar-refractivity contribution in [1.29, 1.82) is 0 Å². The monoisotopic (exact) mass is 276 g/mol. The van der Waals surface area contributed by atoms with E-state index in [4.69, 9.17) is 5.73 Å². The van der Waals surface area contributed by atoms with Gasteiger partial charge >= 0.3 is 0 Å². The molecule has 0 aliphatic rings. The van der Waals surface area contributed by atoms with Gasteiger partial charge in [0.15, 0.2) is 0 Å². The Balaban J connectivity index is 1.62. The zero-order chi connectivity index (χ0) is 14.5. The fourth-order valence-electron chi connectivity index (χ4n) is 2.63. The molecule has 2 aromatic carbocycles. The van der Waals surface area contributed by atoms with Crippen molar-refractivity contribution in [2.45, 2.75) is 25.3 Å². The minimum atomic E-state index is 0.0609. The Morgan fingerprint density at radius 3 is 2.57 bits per heavy atom. The maximum atomic E-state index is 6.31. The SMILES string of the molecule is NC(CCCc1ccccc1)c1cnc2ccccc2c1. The van der Waals surface area contributed by atoms with Gasteiger partial charge in [0, 0.05) is 17.6 Å². The van der Waals surface area contributed by atoms with E-state index in [2.05, 4.69) is 47.4 Å². The molecule has 0 aliphatic carbocycles. The highest BCUT2D eigenvalue weighted by Crippen LogP contribution is 2.20. The number of aryl methyl sites for hydroxylation is 1. The van der Waals surface area contributed by atoms with Crippen LogP contribution in [0.1, 0.15) is 30.0 Å². The number of pyridine rings is 1. The van der Waals surface area contributed by atoms with Crippen LogP contribution in [0, 0.1) is 0 Å². The number of nitrogens with zero attached hydrogens (tertiary/aromatic N) is 1. The molecule has 2 nitrogen and oxygen atoms in total. The van der Waals surface area contributed by atoms with E-state index >= 15 is 0 Å². The fraction of sp³-hybridized carbons (Fsp3) is 0.211. The summed E-state index contributed by atoms with van der Waals surface area (Å²) in [6, 6.07) is 20.9. The van der Waals surface area contributed by atoms with Gasteiger partial charge in [-0.1, -0.05) is 48.5 Å². The van der Waals surface area contributed by atoms with Crippen molar-refractivity contribution >= 4 is 10.9 Å². The number of aromatic nitrogens is 1. The molecule has 2 N–H and O–H groups in total. The van der Waals surface area contributed by atoms with E-state index in [1.807, 2.05) is 24.4 Å². The number of para-hydroxylation sites is 1. The second-order valence-corrected chi connectivity index (χ2v) is 5.45. The van der Waals surface area contributed by atoms with Crippen LogP contribution < -0.4 is 5.73 Å². The van der Waals surface area contributed by atoms with E-state index in [-0.39, 0.29) is 6.04 Å². The van der Waals surface area contributed by atoms with Gasteiger partial charge in [-0.15, -0.1) is 0 Å². The average molecular weight is 276 g/mol. The van der Waals surface area contributed by atoms with Gasteiger partial charge in [0.05, 0.1) is 5.52 Å². The summed E-state index contributed by atoms with van der Waals surface area (Å²) >= 11 is 0. The molecule has 3 aromatic rings. The lowest BCUT2D eigenvalue weighted by atomic mass is 10.00. The third-order valence-corrected chi connectivity index (χ3v) is 3.86. The van der Waals surface area contributed by atoms with Crippen LogP contribution in [0.2, 0.25) is 0 Å². The fourth-order valence-corrected chi connectivity index (χ4v) is 2.63. The number of hydrogen-bond acceptors (Lipinski definition) is 2. The highest BCUT2D eigenvalue weighted by atomic mass is 14.7. The van der Waals surface area contributed by atoms with Gasteiger partial charge in [-0.05, 0) is 42.5 Å². The topological polar surface area (TPSA) is 38.9 Å². The number of fused-ring (bicyclic) bond motifs is 1. The van der Waals surface area contributed by atoms with Crippen LogP contribution in [0.25, 0.3) is 10.9 Å². The Kier molecular flexibility index (Phi) is 4.27. The summed E-state index contributed by atoms with van der Waals surface area (Å²) in [4.78, 5) is 4.49. The van der Waals surface area contributed by atoms with Crippen LogP contribution >= 0.6 is 0 Å². The molecule has 3 rings (SSSR count). The van der Waals surface area contributed by atoms with Gasteiger partial charge in [0.25, 0.3) is 0 Å². The second-order valence-electron chi connectivity index (χ2n) is 5.45. The van der Waals surface area contributed by atoms with E-state index in [0.29, 0.717) is 0 Å². The molecule has 0 fully saturated rings. The summed E-state index contributed by atoms with van der Waals surface area (Å²) in [6.07, 6.45) is 5.07. The van der Waals surface area contributed by atoms with E-state index < -0.39 is 0 Å². The third-order valence-electron chi connectivity index (χ3n) is 3.86. The van der Waals surface area contributed by atoms with Crippen LogP contribution in [0.5, 0.6) is 0 Å². The van der Waals surface area contributed by atoms with Gasteiger partial charge in [-0.2, -0.15) is 0 Å². The molecule has 106 valence electrons. The van der Waals surface area contributed by atoms with Crippen LogP contribution in [0.3, 0.4) is 0 Å². The maximum absolute atomic E-state index is 6.31. The summed E-state index contributed by atoms with van der Waals surface area (Å²) in [6.45, 7) is 0. The van der Waals surface area contributed by atoms with Gasteiger partial charge < -0.3 is 5.73 Å². The predicted molar refractivity (Wildman–Crippen MR) is 88.1 cm³/mol. The molecule has 0 aliphatic heterocycles. The van der Waals surface area contributed by atoms with Crippen molar-refractivity contribution in [2.24, 2.45) is 5.73 Å². The first kappa shape index (κ1) is 13.8. The maximum Gasteiger partial charge on any atom is 0.0702 e. The minimum absolute atomic E-state index is 0.0609. The number of benzene rings is 2. The van der Waals surface area contributed by atoms with Gasteiger partial charge in [-0.3, -0.25) is 4.98 Å². The molecule has 2 heteroatoms. The average Bonchev–Trinajstić information content (AvgIpc) is 2.55. The second kappa shape index (κ2) is 6.51.